The Bertz CT molecular complexity index is 707. The third-order valence-corrected chi connectivity index (χ3v) is 5.31. The molecule has 1 aliphatic rings. The molecule has 1 N–H and O–H groups in total. The number of aromatic nitrogens is 2. The summed E-state index contributed by atoms with van der Waals surface area (Å²) >= 11 is 0. The fraction of sp³-hybridized carbons (Fsp3) is 0.308. The van der Waals surface area contributed by atoms with Gasteiger partial charge in [0.15, 0.2) is 0 Å². The summed E-state index contributed by atoms with van der Waals surface area (Å²) < 4.78 is 28.5. The van der Waals surface area contributed by atoms with Crippen LogP contribution in [-0.4, -0.2) is 33.9 Å². The van der Waals surface area contributed by atoms with Crippen molar-refractivity contribution < 1.29 is 13.5 Å². The molecular weight excluding hydrogens is 278 g/mol. The zero-order chi connectivity index (χ0) is 14.2. The van der Waals surface area contributed by atoms with Crippen LogP contribution < -0.4 is 0 Å². The highest BCUT2D eigenvalue weighted by atomic mass is 32.2. The number of fused-ring (bicyclic) bond motifs is 1. The molecule has 6 nitrogen and oxygen atoms in total. The van der Waals surface area contributed by atoms with Gasteiger partial charge in [-0.3, -0.25) is 0 Å². The highest BCUT2D eigenvalue weighted by molar-refractivity contribution is 7.89. The lowest BCUT2D eigenvalue weighted by Crippen LogP contribution is -2.38. The minimum absolute atomic E-state index is 0.0958. The minimum Gasteiger partial charge on any atom is -0.392 e. The van der Waals surface area contributed by atoms with E-state index in [1.165, 1.54) is 16.4 Å². The molecule has 0 spiro atoms. The van der Waals surface area contributed by atoms with Gasteiger partial charge in [0, 0.05) is 25.5 Å². The van der Waals surface area contributed by atoms with Gasteiger partial charge in [-0.2, -0.15) is 4.31 Å². The van der Waals surface area contributed by atoms with Gasteiger partial charge in [0.2, 0.25) is 10.0 Å². The van der Waals surface area contributed by atoms with Crippen molar-refractivity contribution >= 4 is 10.0 Å². The second-order valence-electron chi connectivity index (χ2n) is 4.68. The first kappa shape index (κ1) is 13.3. The smallest absolute Gasteiger partial charge is 0.243 e. The van der Waals surface area contributed by atoms with Crippen LogP contribution in [-0.2, 0) is 29.7 Å². The fourth-order valence-corrected chi connectivity index (χ4v) is 3.66. The van der Waals surface area contributed by atoms with E-state index in [2.05, 4.69) is 4.98 Å². The molecular formula is C13H15N3O3S. The summed E-state index contributed by atoms with van der Waals surface area (Å²) in [6.07, 6.45) is 3.54. The Morgan fingerprint density at radius 2 is 1.95 bits per heavy atom. The molecule has 0 saturated carbocycles. The van der Waals surface area contributed by atoms with Crippen LogP contribution in [0.5, 0.6) is 0 Å². The molecule has 3 rings (SSSR count). The van der Waals surface area contributed by atoms with Crippen LogP contribution in [0.25, 0.3) is 0 Å². The Morgan fingerprint density at radius 1 is 1.20 bits per heavy atom. The quantitative estimate of drug-likeness (QED) is 0.898. The largest absolute Gasteiger partial charge is 0.392 e. The predicted octanol–water partition coefficient (Wildman–Crippen LogP) is 0.580. The molecule has 0 radical (unpaired) electrons. The van der Waals surface area contributed by atoms with E-state index in [-0.39, 0.29) is 18.0 Å². The summed E-state index contributed by atoms with van der Waals surface area (Å²) in [5.41, 5.74) is 0.693. The molecule has 0 amide bonds. The van der Waals surface area contributed by atoms with Crippen molar-refractivity contribution in [1.82, 2.24) is 13.9 Å². The number of aliphatic hydroxyl groups excluding tert-OH is 1. The summed E-state index contributed by atoms with van der Waals surface area (Å²) in [4.78, 5) is 4.41. The van der Waals surface area contributed by atoms with E-state index < -0.39 is 10.0 Å². The highest BCUT2D eigenvalue weighted by Gasteiger charge is 2.28. The van der Waals surface area contributed by atoms with Gasteiger partial charge in [-0.25, -0.2) is 13.4 Å². The predicted molar refractivity (Wildman–Crippen MR) is 72.2 cm³/mol. The van der Waals surface area contributed by atoms with Crippen LogP contribution in [0.3, 0.4) is 0 Å². The maximum Gasteiger partial charge on any atom is 0.243 e. The van der Waals surface area contributed by atoms with Crippen molar-refractivity contribution in [3.05, 3.63) is 48.0 Å². The highest BCUT2D eigenvalue weighted by Crippen LogP contribution is 2.21. The molecule has 0 atom stereocenters. The zero-order valence-corrected chi connectivity index (χ0v) is 11.6. The van der Waals surface area contributed by atoms with Gasteiger partial charge in [0.05, 0.1) is 18.0 Å². The third kappa shape index (κ3) is 2.24. The van der Waals surface area contributed by atoms with Crippen molar-refractivity contribution in [2.45, 2.75) is 24.6 Å². The number of hydrogen-bond donors (Lipinski definition) is 1. The van der Waals surface area contributed by atoms with Crippen LogP contribution in [0.1, 0.15) is 11.4 Å². The van der Waals surface area contributed by atoms with Gasteiger partial charge in [-0.15, -0.1) is 0 Å². The fourth-order valence-electron chi connectivity index (χ4n) is 2.27. The van der Waals surface area contributed by atoms with Crippen LogP contribution in [0.4, 0.5) is 0 Å². The molecule has 0 saturated heterocycles. The molecule has 106 valence electrons. The number of rotatable bonds is 3. The Labute approximate surface area is 117 Å². The van der Waals surface area contributed by atoms with Crippen molar-refractivity contribution in [3.63, 3.8) is 0 Å². The maximum absolute atomic E-state index is 12.5. The average molecular weight is 293 g/mol. The molecule has 2 heterocycles. The van der Waals surface area contributed by atoms with E-state index in [1.807, 2.05) is 10.8 Å². The molecule has 2 aromatic rings. The minimum atomic E-state index is -3.51. The first-order valence-corrected chi connectivity index (χ1v) is 7.75. The second-order valence-corrected chi connectivity index (χ2v) is 6.62. The molecule has 0 fully saturated rings. The van der Waals surface area contributed by atoms with Crippen molar-refractivity contribution in [3.8, 4) is 0 Å². The van der Waals surface area contributed by atoms with E-state index in [1.54, 1.807) is 18.3 Å². The lowest BCUT2D eigenvalue weighted by atomic mass is 10.2. The Morgan fingerprint density at radius 3 is 2.65 bits per heavy atom. The van der Waals surface area contributed by atoms with Crippen LogP contribution >= 0.6 is 0 Å². The van der Waals surface area contributed by atoms with Gasteiger partial charge >= 0.3 is 0 Å². The summed E-state index contributed by atoms with van der Waals surface area (Å²) in [6, 6.07) is 6.31. The molecule has 20 heavy (non-hydrogen) atoms. The standard InChI is InChI=1S/C13H15N3O3S/c17-10-11-1-3-12(4-2-11)20(18,19)16-8-7-15-6-5-14-13(15)9-16/h1-6,17H,7-10H2. The van der Waals surface area contributed by atoms with Gasteiger partial charge < -0.3 is 9.67 Å². The SMILES string of the molecule is O=S(=O)(c1ccc(CO)cc1)N1CCn2ccnc2C1. The van der Waals surface area contributed by atoms with Gasteiger partial charge in [-0.1, -0.05) is 12.1 Å². The first-order valence-electron chi connectivity index (χ1n) is 6.31. The molecule has 0 unspecified atom stereocenters. The first-order chi connectivity index (χ1) is 9.61. The zero-order valence-electron chi connectivity index (χ0n) is 10.8. The average Bonchev–Trinajstić information content (AvgIpc) is 2.94. The summed E-state index contributed by atoms with van der Waals surface area (Å²) in [6.45, 7) is 1.25. The lowest BCUT2D eigenvalue weighted by Gasteiger charge is -2.27. The van der Waals surface area contributed by atoms with E-state index in [0.717, 1.165) is 5.82 Å². The normalized spacial score (nSPS) is 16.1. The van der Waals surface area contributed by atoms with Gasteiger partial charge in [-0.05, 0) is 17.7 Å². The summed E-state index contributed by atoms with van der Waals surface area (Å²) in [5, 5.41) is 8.99. The Hall–Kier alpha value is -1.70. The van der Waals surface area contributed by atoms with Crippen LogP contribution in [0.15, 0.2) is 41.6 Å². The van der Waals surface area contributed by atoms with E-state index in [4.69, 9.17) is 5.11 Å². The lowest BCUT2D eigenvalue weighted by molar-refractivity contribution is 0.281. The monoisotopic (exact) mass is 293 g/mol. The topological polar surface area (TPSA) is 75.4 Å². The second kappa shape index (κ2) is 5.01. The van der Waals surface area contributed by atoms with E-state index >= 15 is 0 Å². The molecule has 1 aromatic heterocycles. The molecule has 1 aromatic carbocycles. The Balaban J connectivity index is 1.88. The molecule has 0 aliphatic carbocycles. The number of nitrogens with zero attached hydrogens (tertiary/aromatic N) is 3. The van der Waals surface area contributed by atoms with Gasteiger partial charge in [0.1, 0.15) is 5.82 Å². The molecule has 1 aliphatic heterocycles. The number of imidazole rings is 1. The van der Waals surface area contributed by atoms with Crippen LogP contribution in [0.2, 0.25) is 0 Å². The Kier molecular flexibility index (Phi) is 3.33. The number of sulfonamides is 1. The van der Waals surface area contributed by atoms with Crippen molar-refractivity contribution in [2.75, 3.05) is 6.54 Å². The molecule has 7 heteroatoms. The van der Waals surface area contributed by atoms with Crippen molar-refractivity contribution in [1.29, 1.82) is 0 Å². The summed E-state index contributed by atoms with van der Waals surface area (Å²) in [5.74, 6) is 0.756. The van der Waals surface area contributed by atoms with E-state index in [0.29, 0.717) is 18.7 Å². The number of benzene rings is 1. The van der Waals surface area contributed by atoms with Gasteiger partial charge in [0.25, 0.3) is 0 Å². The van der Waals surface area contributed by atoms with Crippen molar-refractivity contribution in [2.24, 2.45) is 0 Å². The van der Waals surface area contributed by atoms with Crippen LogP contribution in [0, 0.1) is 0 Å². The molecule has 0 bridgehead atoms. The third-order valence-electron chi connectivity index (χ3n) is 3.45. The number of aliphatic hydroxyl groups is 1. The summed E-state index contributed by atoms with van der Waals surface area (Å²) in [7, 11) is -3.51. The van der Waals surface area contributed by atoms with E-state index in [9.17, 15) is 8.42 Å². The number of hydrogen-bond acceptors (Lipinski definition) is 4. The maximum atomic E-state index is 12.5.